The van der Waals surface area contributed by atoms with Crippen molar-refractivity contribution in [2.24, 2.45) is 0 Å². The van der Waals surface area contributed by atoms with Gasteiger partial charge in [0.2, 0.25) is 0 Å². The average Bonchev–Trinajstić information content (AvgIpc) is 3.50. The van der Waals surface area contributed by atoms with Gasteiger partial charge in [0, 0.05) is 34.8 Å². The van der Waals surface area contributed by atoms with Gasteiger partial charge in [-0.1, -0.05) is 0 Å². The number of nitrogens with zero attached hydrogens (tertiary/aromatic N) is 4. The van der Waals surface area contributed by atoms with Crippen LogP contribution in [0.2, 0.25) is 0 Å². The Morgan fingerprint density at radius 1 is 1.28 bits per heavy atom. The summed E-state index contributed by atoms with van der Waals surface area (Å²) < 4.78 is 10.9. The van der Waals surface area contributed by atoms with E-state index in [4.69, 9.17) is 9.47 Å². The first-order chi connectivity index (χ1) is 15.5. The van der Waals surface area contributed by atoms with Crippen molar-refractivity contribution in [2.45, 2.75) is 6.61 Å². The van der Waals surface area contributed by atoms with Crippen molar-refractivity contribution in [3.05, 3.63) is 74.3 Å². The fraction of sp³-hybridized carbons (Fsp3) is 0.100. The first-order valence-corrected chi connectivity index (χ1v) is 10.9. The number of hydrogen-bond acceptors (Lipinski definition) is 10. The summed E-state index contributed by atoms with van der Waals surface area (Å²) in [6, 6.07) is 6.07. The molecular weight excluding hydrogens is 454 g/mol. The van der Waals surface area contributed by atoms with Crippen molar-refractivity contribution >= 4 is 39.4 Å². The third-order valence-electron chi connectivity index (χ3n) is 4.26. The van der Waals surface area contributed by atoms with Gasteiger partial charge in [-0.3, -0.25) is 25.2 Å². The summed E-state index contributed by atoms with van der Waals surface area (Å²) in [5, 5.41) is 18.1. The zero-order chi connectivity index (χ0) is 22.5. The SMILES string of the molecule is COc1cc(C(=O)Nc2nc(-c3cccnc3)cs2)c([N+](=O)[O-])cc1OCc1cscn1. The van der Waals surface area contributed by atoms with E-state index in [0.29, 0.717) is 16.5 Å². The van der Waals surface area contributed by atoms with Gasteiger partial charge < -0.3 is 9.47 Å². The van der Waals surface area contributed by atoms with Crippen LogP contribution < -0.4 is 14.8 Å². The largest absolute Gasteiger partial charge is 0.493 e. The molecule has 0 aliphatic heterocycles. The lowest BCUT2D eigenvalue weighted by atomic mass is 10.1. The highest BCUT2D eigenvalue weighted by Gasteiger charge is 2.25. The van der Waals surface area contributed by atoms with Crippen molar-refractivity contribution in [3.63, 3.8) is 0 Å². The van der Waals surface area contributed by atoms with Crippen LogP contribution in [-0.4, -0.2) is 32.9 Å². The number of carbonyl (C=O) groups is 1. The lowest BCUT2D eigenvalue weighted by Gasteiger charge is -2.12. The number of rotatable bonds is 8. The molecule has 32 heavy (non-hydrogen) atoms. The normalized spacial score (nSPS) is 10.5. The zero-order valence-corrected chi connectivity index (χ0v) is 18.2. The number of hydrogen-bond donors (Lipinski definition) is 1. The molecule has 0 radical (unpaired) electrons. The van der Waals surface area contributed by atoms with Crippen molar-refractivity contribution in [1.82, 2.24) is 15.0 Å². The molecule has 0 saturated carbocycles. The highest BCUT2D eigenvalue weighted by molar-refractivity contribution is 7.14. The number of methoxy groups -OCH3 is 1. The predicted molar refractivity (Wildman–Crippen MR) is 119 cm³/mol. The summed E-state index contributed by atoms with van der Waals surface area (Å²) in [6.07, 6.45) is 3.30. The molecule has 0 spiro atoms. The van der Waals surface area contributed by atoms with Crippen LogP contribution in [0.1, 0.15) is 16.1 Å². The van der Waals surface area contributed by atoms with Gasteiger partial charge in [0.15, 0.2) is 16.6 Å². The van der Waals surface area contributed by atoms with Crippen LogP contribution in [-0.2, 0) is 6.61 Å². The number of carbonyl (C=O) groups excluding carboxylic acids is 1. The number of thiazole rings is 2. The van der Waals surface area contributed by atoms with Crippen LogP contribution in [0.25, 0.3) is 11.3 Å². The maximum atomic E-state index is 12.8. The van der Waals surface area contributed by atoms with Crippen LogP contribution in [0.15, 0.2) is 52.9 Å². The average molecular weight is 470 g/mol. The van der Waals surface area contributed by atoms with E-state index >= 15 is 0 Å². The molecule has 0 unspecified atom stereocenters. The summed E-state index contributed by atoms with van der Waals surface area (Å²) in [5.74, 6) is -0.365. The van der Waals surface area contributed by atoms with E-state index in [2.05, 4.69) is 20.3 Å². The minimum Gasteiger partial charge on any atom is -0.493 e. The third kappa shape index (κ3) is 4.71. The molecular formula is C20H15N5O5S2. The standard InChI is InChI=1S/C20H15N5O5S2/c1-29-17-5-14(16(25(27)28)6-18(17)30-8-13-9-31-11-22-13)19(26)24-20-23-15(10-32-20)12-3-2-4-21-7-12/h2-7,9-11H,8H2,1H3,(H,23,24,26). The van der Waals surface area contributed by atoms with Crippen molar-refractivity contribution in [1.29, 1.82) is 0 Å². The van der Waals surface area contributed by atoms with E-state index in [0.717, 1.165) is 5.56 Å². The number of nitrogens with one attached hydrogen (secondary N) is 1. The Labute approximate surface area is 189 Å². The van der Waals surface area contributed by atoms with E-state index < -0.39 is 16.5 Å². The van der Waals surface area contributed by atoms with Gasteiger partial charge in [0.05, 0.1) is 35.0 Å². The second-order valence-electron chi connectivity index (χ2n) is 6.28. The van der Waals surface area contributed by atoms with E-state index in [1.165, 1.54) is 41.9 Å². The first-order valence-electron chi connectivity index (χ1n) is 9.08. The molecule has 0 aliphatic carbocycles. The van der Waals surface area contributed by atoms with Crippen LogP contribution in [0.3, 0.4) is 0 Å². The maximum absolute atomic E-state index is 12.8. The van der Waals surface area contributed by atoms with E-state index in [1.807, 2.05) is 6.07 Å². The fourth-order valence-corrected chi connectivity index (χ4v) is 4.02. The first kappa shape index (κ1) is 21.3. The van der Waals surface area contributed by atoms with Crippen LogP contribution >= 0.6 is 22.7 Å². The number of amides is 1. The molecule has 162 valence electrons. The minimum atomic E-state index is -0.687. The number of anilines is 1. The summed E-state index contributed by atoms with van der Waals surface area (Å²) >= 11 is 2.61. The Kier molecular flexibility index (Phi) is 6.33. The molecule has 0 bridgehead atoms. The lowest BCUT2D eigenvalue weighted by molar-refractivity contribution is -0.385. The molecule has 3 heterocycles. The molecule has 4 aromatic rings. The quantitative estimate of drug-likeness (QED) is 0.297. The summed E-state index contributed by atoms with van der Waals surface area (Å²) in [5.41, 5.74) is 3.17. The molecule has 0 atom stereocenters. The van der Waals surface area contributed by atoms with Gasteiger partial charge in [0.25, 0.3) is 11.6 Å². The van der Waals surface area contributed by atoms with E-state index in [-0.39, 0.29) is 23.7 Å². The molecule has 4 rings (SSSR count). The smallest absolute Gasteiger partial charge is 0.286 e. The van der Waals surface area contributed by atoms with Crippen molar-refractivity contribution in [2.75, 3.05) is 12.4 Å². The van der Waals surface area contributed by atoms with Crippen molar-refractivity contribution in [3.8, 4) is 22.8 Å². The van der Waals surface area contributed by atoms with E-state index in [1.54, 1.807) is 34.7 Å². The summed E-state index contributed by atoms with van der Waals surface area (Å²) in [6.45, 7) is 0.110. The molecule has 0 saturated heterocycles. The van der Waals surface area contributed by atoms with Gasteiger partial charge in [-0.05, 0) is 12.1 Å². The molecule has 3 aromatic heterocycles. The monoisotopic (exact) mass is 469 g/mol. The number of aromatic nitrogens is 3. The molecule has 10 nitrogen and oxygen atoms in total. The Morgan fingerprint density at radius 3 is 2.84 bits per heavy atom. The van der Waals surface area contributed by atoms with Crippen LogP contribution in [0.5, 0.6) is 11.5 Å². The Balaban J connectivity index is 1.58. The minimum absolute atomic E-state index is 0.110. The Hall–Kier alpha value is -3.90. The number of pyridine rings is 1. The molecule has 1 aromatic carbocycles. The van der Waals surface area contributed by atoms with Gasteiger partial charge in [0.1, 0.15) is 12.2 Å². The molecule has 1 N–H and O–H groups in total. The summed E-state index contributed by atoms with van der Waals surface area (Å²) in [4.78, 5) is 36.3. The lowest BCUT2D eigenvalue weighted by Crippen LogP contribution is -2.14. The van der Waals surface area contributed by atoms with Gasteiger partial charge >= 0.3 is 0 Å². The third-order valence-corrected chi connectivity index (χ3v) is 5.66. The van der Waals surface area contributed by atoms with Gasteiger partial charge in [-0.25, -0.2) is 9.97 Å². The molecule has 12 heteroatoms. The highest BCUT2D eigenvalue weighted by atomic mass is 32.1. The Morgan fingerprint density at radius 2 is 2.16 bits per heavy atom. The predicted octanol–water partition coefficient (Wildman–Crippen LogP) is 4.41. The highest BCUT2D eigenvalue weighted by Crippen LogP contribution is 2.36. The number of benzene rings is 1. The fourth-order valence-electron chi connectivity index (χ4n) is 2.76. The van der Waals surface area contributed by atoms with Crippen LogP contribution in [0, 0.1) is 10.1 Å². The molecule has 1 amide bonds. The van der Waals surface area contributed by atoms with E-state index in [9.17, 15) is 14.9 Å². The van der Waals surface area contributed by atoms with Crippen molar-refractivity contribution < 1.29 is 19.2 Å². The molecule has 0 fully saturated rings. The molecule has 0 aliphatic rings. The second-order valence-corrected chi connectivity index (χ2v) is 7.86. The van der Waals surface area contributed by atoms with Gasteiger partial charge in [-0.2, -0.15) is 0 Å². The Bertz CT molecular complexity index is 1240. The zero-order valence-electron chi connectivity index (χ0n) is 16.5. The summed E-state index contributed by atoms with van der Waals surface area (Å²) in [7, 11) is 1.39. The topological polar surface area (TPSA) is 129 Å². The van der Waals surface area contributed by atoms with Gasteiger partial charge in [-0.15, -0.1) is 22.7 Å². The number of nitro benzene ring substituents is 1. The second kappa shape index (κ2) is 9.49. The van der Waals surface area contributed by atoms with Crippen LogP contribution in [0.4, 0.5) is 10.8 Å². The number of nitro groups is 1. The number of ether oxygens (including phenoxy) is 2. The maximum Gasteiger partial charge on any atom is 0.286 e.